The van der Waals surface area contributed by atoms with Crippen LogP contribution in [0.25, 0.3) is 10.9 Å². The number of aromatic nitrogens is 2. The lowest BCUT2D eigenvalue weighted by Crippen LogP contribution is -2.33. The number of carbonyl (C=O) groups is 1. The number of para-hydroxylation sites is 1. The van der Waals surface area contributed by atoms with Gasteiger partial charge in [-0.25, -0.2) is 9.78 Å². The molecule has 4 rings (SSSR count). The Morgan fingerprint density at radius 3 is 2.38 bits per heavy atom. The van der Waals surface area contributed by atoms with Crippen LogP contribution in [0.4, 0.5) is 17.5 Å². The Kier molecular flexibility index (Phi) is 6.77. The van der Waals surface area contributed by atoms with Gasteiger partial charge in [-0.2, -0.15) is 4.98 Å². The molecule has 4 aromatic rings. The Bertz CT molecular complexity index is 1280. The third-order valence-corrected chi connectivity index (χ3v) is 5.53. The number of fused-ring (bicyclic) bond motifs is 1. The van der Waals surface area contributed by atoms with E-state index >= 15 is 0 Å². The fraction of sp³-hybridized carbons (Fsp3) is 0.192. The number of anilines is 3. The largest absolute Gasteiger partial charge is 0.508 e. The third kappa shape index (κ3) is 5.01. The van der Waals surface area contributed by atoms with Crippen molar-refractivity contribution in [2.24, 2.45) is 0 Å². The van der Waals surface area contributed by atoms with Crippen molar-refractivity contribution in [2.75, 3.05) is 31.5 Å². The van der Waals surface area contributed by atoms with E-state index in [1.807, 2.05) is 60.5 Å². The quantitative estimate of drug-likeness (QED) is 0.377. The average molecular weight is 459 g/mol. The van der Waals surface area contributed by atoms with E-state index in [1.165, 1.54) is 7.11 Å². The molecule has 174 valence electrons. The van der Waals surface area contributed by atoms with Crippen molar-refractivity contribution >= 4 is 34.3 Å². The summed E-state index contributed by atoms with van der Waals surface area (Å²) in [5.41, 5.74) is 2.52. The lowest BCUT2D eigenvalue weighted by Gasteiger charge is -2.22. The first-order valence-electron chi connectivity index (χ1n) is 10.8. The minimum Gasteiger partial charge on any atom is -0.508 e. The number of nitrogens with zero attached hydrogens (tertiary/aromatic N) is 3. The first kappa shape index (κ1) is 22.8. The van der Waals surface area contributed by atoms with Gasteiger partial charge in [-0.05, 0) is 54.1 Å². The first-order valence-corrected chi connectivity index (χ1v) is 10.8. The summed E-state index contributed by atoms with van der Waals surface area (Å²) in [4.78, 5) is 23.9. The highest BCUT2D eigenvalue weighted by atomic mass is 16.5. The van der Waals surface area contributed by atoms with Gasteiger partial charge in [0.2, 0.25) is 5.95 Å². The van der Waals surface area contributed by atoms with Crippen molar-refractivity contribution in [2.45, 2.75) is 12.5 Å². The van der Waals surface area contributed by atoms with Crippen LogP contribution in [0.5, 0.6) is 11.5 Å². The highest BCUT2D eigenvalue weighted by Crippen LogP contribution is 2.31. The molecule has 1 heterocycles. The van der Waals surface area contributed by atoms with Gasteiger partial charge in [0.1, 0.15) is 23.4 Å². The molecule has 0 amide bonds. The SMILES string of the molecule is COC(=O)C(Cc1ccc(O)cc1)Nc1nc(N(C)c2ccc(OC)cc2)c2ccccc2n1. The maximum Gasteiger partial charge on any atom is 0.328 e. The second-order valence-electron chi connectivity index (χ2n) is 7.74. The number of esters is 1. The molecule has 0 aliphatic heterocycles. The number of ether oxygens (including phenoxy) is 2. The van der Waals surface area contributed by atoms with E-state index in [2.05, 4.69) is 10.3 Å². The summed E-state index contributed by atoms with van der Waals surface area (Å²) in [6.45, 7) is 0. The highest BCUT2D eigenvalue weighted by Gasteiger charge is 2.22. The van der Waals surface area contributed by atoms with Gasteiger partial charge in [0.15, 0.2) is 0 Å². The molecule has 1 unspecified atom stereocenters. The molecule has 0 bridgehead atoms. The van der Waals surface area contributed by atoms with Gasteiger partial charge in [0.05, 0.1) is 19.7 Å². The van der Waals surface area contributed by atoms with Gasteiger partial charge in [-0.3, -0.25) is 0 Å². The predicted molar refractivity (Wildman–Crippen MR) is 132 cm³/mol. The van der Waals surface area contributed by atoms with Crippen LogP contribution in [-0.2, 0) is 16.0 Å². The molecule has 8 nitrogen and oxygen atoms in total. The second-order valence-corrected chi connectivity index (χ2v) is 7.74. The van der Waals surface area contributed by atoms with Crippen LogP contribution < -0.4 is 15.0 Å². The normalized spacial score (nSPS) is 11.6. The Hall–Kier alpha value is -4.33. The molecule has 8 heteroatoms. The Morgan fingerprint density at radius 2 is 1.71 bits per heavy atom. The Balaban J connectivity index is 1.69. The van der Waals surface area contributed by atoms with Crippen LogP contribution >= 0.6 is 0 Å². The lowest BCUT2D eigenvalue weighted by atomic mass is 10.1. The minimum absolute atomic E-state index is 0.162. The standard InChI is InChI=1S/C26H26N4O4/c1-30(18-10-14-20(33-2)15-11-18)24-21-6-4-5-7-22(21)27-26(29-24)28-23(25(32)34-3)16-17-8-12-19(31)13-9-17/h4-15,23,31H,16H2,1-3H3,(H,27,28,29). The van der Waals surface area contributed by atoms with Crippen LogP contribution in [0.15, 0.2) is 72.8 Å². The molecule has 0 radical (unpaired) electrons. The van der Waals surface area contributed by atoms with Crippen molar-refractivity contribution in [1.82, 2.24) is 9.97 Å². The zero-order valence-corrected chi connectivity index (χ0v) is 19.2. The molecule has 0 saturated heterocycles. The maximum atomic E-state index is 12.5. The lowest BCUT2D eigenvalue weighted by molar-refractivity contribution is -0.141. The maximum absolute atomic E-state index is 12.5. The number of phenols is 1. The van der Waals surface area contributed by atoms with Crippen molar-refractivity contribution in [3.05, 3.63) is 78.4 Å². The Labute approximate surface area is 197 Å². The summed E-state index contributed by atoms with van der Waals surface area (Å²) >= 11 is 0. The zero-order chi connectivity index (χ0) is 24.1. The van der Waals surface area contributed by atoms with E-state index in [-0.39, 0.29) is 5.75 Å². The van der Waals surface area contributed by atoms with E-state index in [9.17, 15) is 9.90 Å². The summed E-state index contributed by atoms with van der Waals surface area (Å²) in [5, 5.41) is 13.6. The predicted octanol–water partition coefficient (Wildman–Crippen LogP) is 4.31. The van der Waals surface area contributed by atoms with Gasteiger partial charge >= 0.3 is 5.97 Å². The van der Waals surface area contributed by atoms with Crippen LogP contribution in [0, 0.1) is 0 Å². The smallest absolute Gasteiger partial charge is 0.328 e. The molecule has 34 heavy (non-hydrogen) atoms. The van der Waals surface area contributed by atoms with E-state index in [1.54, 1.807) is 31.4 Å². The van der Waals surface area contributed by atoms with E-state index in [0.29, 0.717) is 18.2 Å². The summed E-state index contributed by atoms with van der Waals surface area (Å²) in [7, 11) is 4.90. The Morgan fingerprint density at radius 1 is 1.00 bits per heavy atom. The van der Waals surface area contributed by atoms with Crippen LogP contribution in [0.3, 0.4) is 0 Å². The van der Waals surface area contributed by atoms with Gasteiger partial charge in [-0.15, -0.1) is 0 Å². The molecule has 3 aromatic carbocycles. The number of benzene rings is 3. The molecule has 0 aliphatic carbocycles. The zero-order valence-electron chi connectivity index (χ0n) is 19.2. The number of carbonyl (C=O) groups excluding carboxylic acids is 1. The van der Waals surface area contributed by atoms with Crippen LogP contribution in [-0.4, -0.2) is 48.4 Å². The molecular formula is C26H26N4O4. The molecule has 0 saturated carbocycles. The molecule has 1 atom stereocenters. The molecule has 2 N–H and O–H groups in total. The monoisotopic (exact) mass is 458 g/mol. The number of nitrogens with one attached hydrogen (secondary N) is 1. The summed E-state index contributed by atoms with van der Waals surface area (Å²) in [6.07, 6.45) is 0.340. The summed E-state index contributed by atoms with van der Waals surface area (Å²) in [5.74, 6) is 1.49. The van der Waals surface area contributed by atoms with E-state index in [0.717, 1.165) is 27.9 Å². The van der Waals surface area contributed by atoms with Gasteiger partial charge in [-0.1, -0.05) is 24.3 Å². The van der Waals surface area contributed by atoms with E-state index < -0.39 is 12.0 Å². The fourth-order valence-corrected chi connectivity index (χ4v) is 3.67. The minimum atomic E-state index is -0.713. The van der Waals surface area contributed by atoms with Gasteiger partial charge in [0.25, 0.3) is 0 Å². The number of phenolic OH excluding ortho intramolecular Hbond substituents is 1. The van der Waals surface area contributed by atoms with Crippen molar-refractivity contribution in [3.8, 4) is 11.5 Å². The highest BCUT2D eigenvalue weighted by molar-refractivity contribution is 5.92. The van der Waals surface area contributed by atoms with Gasteiger partial charge in [0, 0.05) is 24.5 Å². The van der Waals surface area contributed by atoms with Crippen molar-refractivity contribution < 1.29 is 19.4 Å². The number of hydrogen-bond acceptors (Lipinski definition) is 8. The van der Waals surface area contributed by atoms with Crippen LogP contribution in [0.2, 0.25) is 0 Å². The summed E-state index contributed by atoms with van der Waals surface area (Å²) in [6, 6.07) is 21.4. The van der Waals surface area contributed by atoms with Gasteiger partial charge < -0.3 is 24.8 Å². The second kappa shape index (κ2) is 10.1. The molecule has 1 aromatic heterocycles. The third-order valence-electron chi connectivity index (χ3n) is 5.53. The molecule has 0 aliphatic rings. The van der Waals surface area contributed by atoms with Crippen LogP contribution in [0.1, 0.15) is 5.56 Å². The molecule has 0 fully saturated rings. The topological polar surface area (TPSA) is 96.8 Å². The van der Waals surface area contributed by atoms with Crippen molar-refractivity contribution in [1.29, 1.82) is 0 Å². The number of methoxy groups -OCH3 is 2. The fourth-order valence-electron chi connectivity index (χ4n) is 3.67. The number of hydrogen-bond donors (Lipinski definition) is 2. The number of aromatic hydroxyl groups is 1. The first-order chi connectivity index (χ1) is 16.5. The summed E-state index contributed by atoms with van der Waals surface area (Å²) < 4.78 is 10.3. The number of rotatable bonds is 8. The van der Waals surface area contributed by atoms with E-state index in [4.69, 9.17) is 14.5 Å². The molecule has 0 spiro atoms. The molecular weight excluding hydrogens is 432 g/mol. The average Bonchev–Trinajstić information content (AvgIpc) is 2.88. The van der Waals surface area contributed by atoms with Crippen molar-refractivity contribution in [3.63, 3.8) is 0 Å².